The highest BCUT2D eigenvalue weighted by molar-refractivity contribution is 7.99. The van der Waals surface area contributed by atoms with Crippen LogP contribution in [0.2, 0.25) is 10.0 Å². The number of nitrogens with zero attached hydrogens (tertiary/aromatic N) is 4. The second kappa shape index (κ2) is 11.2. The molecule has 180 valence electrons. The molecule has 0 bridgehead atoms. The molecule has 0 fully saturated rings. The summed E-state index contributed by atoms with van der Waals surface area (Å²) < 4.78 is 1.74. The Hall–Kier alpha value is -2.92. The second-order valence-corrected chi connectivity index (χ2v) is 10.1. The second-order valence-electron chi connectivity index (χ2n) is 7.49. The first-order chi connectivity index (χ1) is 16.8. The molecule has 4 rings (SSSR count). The number of thioether (sulfide) groups is 1. The smallest absolute Gasteiger partial charge is 0.251 e. The average Bonchev–Trinajstić information content (AvgIpc) is 3.49. The van der Waals surface area contributed by atoms with Crippen molar-refractivity contribution < 1.29 is 9.59 Å². The molecule has 0 unspecified atom stereocenters. The molecule has 0 aliphatic rings. The molecule has 0 radical (unpaired) electrons. The first-order valence-corrected chi connectivity index (χ1v) is 13.0. The van der Waals surface area contributed by atoms with Gasteiger partial charge in [-0.25, -0.2) is 4.98 Å². The third kappa shape index (κ3) is 6.21. The molecule has 0 atom stereocenters. The summed E-state index contributed by atoms with van der Waals surface area (Å²) in [4.78, 5) is 29.1. The van der Waals surface area contributed by atoms with E-state index >= 15 is 0 Å². The largest absolute Gasteiger partial charge is 0.345 e. The molecule has 2 aromatic carbocycles. The standard InChI is InChI=1S/C23H20Cl2N6O2S2/c1-13-3-4-15(9-14(13)2)21(33)27-11-19-29-30-23(31(19)16-5-6-17(24)18(25)10-16)35-12-20(32)28-22-26-7-8-34-22/h3-10H,11-12H2,1-2H3,(H,27,33)(H,26,28,32). The van der Waals surface area contributed by atoms with Crippen LogP contribution in [0.25, 0.3) is 5.69 Å². The quantitative estimate of drug-likeness (QED) is 0.290. The third-order valence-corrected chi connectivity index (χ3v) is 7.41. The van der Waals surface area contributed by atoms with E-state index in [9.17, 15) is 9.59 Å². The van der Waals surface area contributed by atoms with Crippen molar-refractivity contribution in [3.8, 4) is 5.69 Å². The van der Waals surface area contributed by atoms with E-state index in [0.29, 0.717) is 37.4 Å². The van der Waals surface area contributed by atoms with Crippen molar-refractivity contribution in [2.24, 2.45) is 0 Å². The molecule has 35 heavy (non-hydrogen) atoms. The number of thiazole rings is 1. The highest BCUT2D eigenvalue weighted by Gasteiger charge is 2.18. The molecule has 0 saturated heterocycles. The topological polar surface area (TPSA) is 102 Å². The molecule has 12 heteroatoms. The molecule has 0 aliphatic heterocycles. The first-order valence-electron chi connectivity index (χ1n) is 10.4. The molecular formula is C23H20Cl2N6O2S2. The maximum Gasteiger partial charge on any atom is 0.251 e. The molecule has 2 heterocycles. The van der Waals surface area contributed by atoms with Crippen molar-refractivity contribution in [1.82, 2.24) is 25.1 Å². The summed E-state index contributed by atoms with van der Waals surface area (Å²) >= 11 is 14.9. The van der Waals surface area contributed by atoms with Gasteiger partial charge in [-0.3, -0.25) is 14.2 Å². The number of hydrogen-bond donors (Lipinski definition) is 2. The van der Waals surface area contributed by atoms with Crippen LogP contribution in [0.4, 0.5) is 5.13 Å². The highest BCUT2D eigenvalue weighted by Crippen LogP contribution is 2.28. The predicted octanol–water partition coefficient (Wildman–Crippen LogP) is 5.31. The Kier molecular flexibility index (Phi) is 8.07. The molecule has 8 nitrogen and oxygen atoms in total. The molecule has 4 aromatic rings. The number of nitrogens with one attached hydrogen (secondary N) is 2. The van der Waals surface area contributed by atoms with Crippen LogP contribution in [0.5, 0.6) is 0 Å². The maximum atomic E-state index is 12.7. The Morgan fingerprint density at radius 2 is 1.89 bits per heavy atom. The number of anilines is 1. The van der Waals surface area contributed by atoms with E-state index < -0.39 is 0 Å². The van der Waals surface area contributed by atoms with Gasteiger partial charge in [-0.05, 0) is 55.3 Å². The highest BCUT2D eigenvalue weighted by atomic mass is 35.5. The van der Waals surface area contributed by atoms with Crippen LogP contribution in [0, 0.1) is 13.8 Å². The zero-order valence-corrected chi connectivity index (χ0v) is 21.9. The molecule has 0 saturated carbocycles. The van der Waals surface area contributed by atoms with Crippen molar-refractivity contribution in [1.29, 1.82) is 0 Å². The minimum atomic E-state index is -0.228. The first kappa shape index (κ1) is 25.2. The predicted molar refractivity (Wildman–Crippen MR) is 140 cm³/mol. The number of hydrogen-bond acceptors (Lipinski definition) is 7. The fourth-order valence-electron chi connectivity index (χ4n) is 3.11. The number of rotatable bonds is 8. The maximum absolute atomic E-state index is 12.7. The Labute approximate surface area is 220 Å². The van der Waals surface area contributed by atoms with Crippen LogP contribution in [0.1, 0.15) is 27.3 Å². The van der Waals surface area contributed by atoms with Crippen LogP contribution < -0.4 is 10.6 Å². The molecule has 2 N–H and O–H groups in total. The van der Waals surface area contributed by atoms with Gasteiger partial charge in [0.05, 0.1) is 28.0 Å². The van der Waals surface area contributed by atoms with E-state index in [1.165, 1.54) is 23.1 Å². The Balaban J connectivity index is 1.54. The Bertz CT molecular complexity index is 1370. The number of aromatic nitrogens is 4. The van der Waals surface area contributed by atoms with Crippen molar-refractivity contribution in [2.45, 2.75) is 25.5 Å². The van der Waals surface area contributed by atoms with Gasteiger partial charge in [-0.15, -0.1) is 21.5 Å². The SMILES string of the molecule is Cc1ccc(C(=O)NCc2nnc(SCC(=O)Nc3nccs3)n2-c2ccc(Cl)c(Cl)c2)cc1C. The summed E-state index contributed by atoms with van der Waals surface area (Å²) in [5.74, 6) is 0.115. The number of carbonyl (C=O) groups excluding carboxylic acids is 2. The summed E-state index contributed by atoms with van der Waals surface area (Å²) in [5.41, 5.74) is 3.36. The summed E-state index contributed by atoms with van der Waals surface area (Å²) in [5, 5.41) is 17.7. The lowest BCUT2D eigenvalue weighted by molar-refractivity contribution is -0.113. The van der Waals surface area contributed by atoms with E-state index in [1.807, 2.05) is 26.0 Å². The third-order valence-electron chi connectivity index (χ3n) is 5.05. The zero-order chi connectivity index (χ0) is 24.9. The Morgan fingerprint density at radius 1 is 1.06 bits per heavy atom. The van der Waals surface area contributed by atoms with Gasteiger partial charge in [-0.1, -0.05) is 41.0 Å². The van der Waals surface area contributed by atoms with Gasteiger partial charge in [0, 0.05) is 17.1 Å². The average molecular weight is 547 g/mol. The summed E-state index contributed by atoms with van der Waals surface area (Å²) in [6, 6.07) is 10.7. The summed E-state index contributed by atoms with van der Waals surface area (Å²) in [6.07, 6.45) is 1.62. The van der Waals surface area contributed by atoms with E-state index in [1.54, 1.807) is 40.4 Å². The van der Waals surface area contributed by atoms with Gasteiger partial charge < -0.3 is 10.6 Å². The molecular weight excluding hydrogens is 527 g/mol. The fraction of sp³-hybridized carbons (Fsp3) is 0.174. The molecule has 2 amide bonds. The van der Waals surface area contributed by atoms with E-state index in [2.05, 4.69) is 25.8 Å². The Morgan fingerprint density at radius 3 is 2.60 bits per heavy atom. The van der Waals surface area contributed by atoms with Gasteiger partial charge in [0.2, 0.25) is 5.91 Å². The van der Waals surface area contributed by atoms with Crippen molar-refractivity contribution in [3.05, 3.63) is 80.5 Å². The van der Waals surface area contributed by atoms with Crippen LogP contribution in [0.15, 0.2) is 53.1 Å². The number of benzene rings is 2. The number of halogens is 2. The van der Waals surface area contributed by atoms with Crippen LogP contribution in [0.3, 0.4) is 0 Å². The lowest BCUT2D eigenvalue weighted by atomic mass is 10.1. The number of amides is 2. The van der Waals surface area contributed by atoms with Crippen LogP contribution in [-0.2, 0) is 11.3 Å². The number of carbonyl (C=O) groups is 2. The molecule has 2 aromatic heterocycles. The summed E-state index contributed by atoms with van der Waals surface area (Å²) in [6.45, 7) is 4.07. The lowest BCUT2D eigenvalue weighted by Crippen LogP contribution is -2.24. The minimum Gasteiger partial charge on any atom is -0.345 e. The van der Waals surface area contributed by atoms with Gasteiger partial charge >= 0.3 is 0 Å². The van der Waals surface area contributed by atoms with Crippen LogP contribution >= 0.6 is 46.3 Å². The monoisotopic (exact) mass is 546 g/mol. The fourth-order valence-corrected chi connectivity index (χ4v) is 4.71. The van der Waals surface area contributed by atoms with Gasteiger partial charge in [0.25, 0.3) is 5.91 Å². The van der Waals surface area contributed by atoms with Crippen molar-refractivity contribution in [2.75, 3.05) is 11.1 Å². The lowest BCUT2D eigenvalue weighted by Gasteiger charge is -2.12. The molecule has 0 spiro atoms. The van der Waals surface area contributed by atoms with Gasteiger partial charge in [-0.2, -0.15) is 0 Å². The van der Waals surface area contributed by atoms with E-state index in [-0.39, 0.29) is 24.1 Å². The van der Waals surface area contributed by atoms with Crippen LogP contribution in [-0.4, -0.2) is 37.3 Å². The molecule has 0 aliphatic carbocycles. The summed E-state index contributed by atoms with van der Waals surface area (Å²) in [7, 11) is 0. The van der Waals surface area contributed by atoms with Crippen molar-refractivity contribution in [3.63, 3.8) is 0 Å². The minimum absolute atomic E-state index is 0.0913. The number of aryl methyl sites for hydroxylation is 2. The van der Waals surface area contributed by atoms with Gasteiger partial charge in [0.15, 0.2) is 16.1 Å². The van der Waals surface area contributed by atoms with Gasteiger partial charge in [0.1, 0.15) is 0 Å². The van der Waals surface area contributed by atoms with E-state index in [0.717, 1.165) is 11.1 Å². The van der Waals surface area contributed by atoms with E-state index in [4.69, 9.17) is 23.2 Å². The van der Waals surface area contributed by atoms with Crippen molar-refractivity contribution >= 4 is 63.2 Å². The normalized spacial score (nSPS) is 10.9. The zero-order valence-electron chi connectivity index (χ0n) is 18.7.